The molecular formula is C51H109N5O7. The molecule has 3 atom stereocenters. The van der Waals surface area contributed by atoms with Gasteiger partial charge in [-0.1, -0.05) is 7.43 Å². The summed E-state index contributed by atoms with van der Waals surface area (Å²) in [6.07, 6.45) is 11.9. The maximum Gasteiger partial charge on any atom is 0.0830 e. The Morgan fingerprint density at radius 3 is 0.857 bits per heavy atom. The number of rotatable bonds is 6. The molecule has 6 aliphatic heterocycles. The monoisotopic (exact) mass is 904 g/mol. The van der Waals surface area contributed by atoms with Crippen LogP contribution in [0, 0.1) is 0 Å². The van der Waals surface area contributed by atoms with Crippen LogP contribution in [0.25, 0.3) is 0 Å². The molecule has 6 saturated heterocycles. The van der Waals surface area contributed by atoms with E-state index in [0.29, 0.717) is 36.6 Å². The van der Waals surface area contributed by atoms with Gasteiger partial charge in [0.1, 0.15) is 0 Å². The molecule has 5 N–H and O–H groups in total. The average Bonchev–Trinajstić information content (AvgIpc) is 3.80. The fourth-order valence-electron chi connectivity index (χ4n) is 7.43. The first-order chi connectivity index (χ1) is 28.5. The van der Waals surface area contributed by atoms with E-state index in [4.69, 9.17) is 33.2 Å². The molecule has 6 heterocycles. The number of hydrogen-bond donors (Lipinski definition) is 5. The summed E-state index contributed by atoms with van der Waals surface area (Å²) in [6.45, 7) is 50.3. The summed E-state index contributed by atoms with van der Waals surface area (Å²) in [5.41, 5.74) is 0.133. The van der Waals surface area contributed by atoms with Crippen molar-refractivity contribution < 1.29 is 33.2 Å². The van der Waals surface area contributed by atoms with Gasteiger partial charge in [-0.15, -0.1) is 0 Å². The Labute approximate surface area is 391 Å². The summed E-state index contributed by atoms with van der Waals surface area (Å²) in [5, 5.41) is 16.4. The van der Waals surface area contributed by atoms with E-state index in [1.807, 2.05) is 0 Å². The molecule has 1 unspecified atom stereocenters. The van der Waals surface area contributed by atoms with E-state index in [0.717, 1.165) is 117 Å². The fourth-order valence-corrected chi connectivity index (χ4v) is 7.43. The van der Waals surface area contributed by atoms with Crippen molar-refractivity contribution in [2.45, 2.75) is 254 Å². The first-order valence-corrected chi connectivity index (χ1v) is 24.7. The highest BCUT2D eigenvalue weighted by Gasteiger charge is 2.25. The van der Waals surface area contributed by atoms with Gasteiger partial charge in [-0.25, -0.2) is 0 Å². The van der Waals surface area contributed by atoms with Gasteiger partial charge in [-0.05, 0) is 209 Å². The van der Waals surface area contributed by atoms with Crippen LogP contribution in [0.1, 0.15) is 183 Å². The molecule has 12 heteroatoms. The lowest BCUT2D eigenvalue weighted by molar-refractivity contribution is -0.100. The van der Waals surface area contributed by atoms with Crippen LogP contribution in [0.4, 0.5) is 0 Å². The van der Waals surface area contributed by atoms with Crippen LogP contribution in [0.5, 0.6) is 0 Å². The second-order valence-electron chi connectivity index (χ2n) is 23.6. The molecule has 0 spiro atoms. The van der Waals surface area contributed by atoms with Gasteiger partial charge in [-0.2, -0.15) is 0 Å². The summed E-state index contributed by atoms with van der Waals surface area (Å²) in [6, 6.07) is 0. The number of hydrogen-bond acceptors (Lipinski definition) is 12. The van der Waals surface area contributed by atoms with Crippen LogP contribution >= 0.6 is 0 Å². The predicted octanol–water partition coefficient (Wildman–Crippen LogP) is 8.82. The minimum atomic E-state index is 0. The molecule has 0 bridgehead atoms. The van der Waals surface area contributed by atoms with Crippen LogP contribution in [0.2, 0.25) is 0 Å². The van der Waals surface area contributed by atoms with Gasteiger partial charge >= 0.3 is 0 Å². The van der Waals surface area contributed by atoms with E-state index < -0.39 is 0 Å². The zero-order valence-electron chi connectivity index (χ0n) is 44.0. The van der Waals surface area contributed by atoms with Crippen LogP contribution in [0.3, 0.4) is 0 Å². The van der Waals surface area contributed by atoms with Crippen molar-refractivity contribution in [1.29, 1.82) is 0 Å². The molecule has 0 radical (unpaired) electrons. The first kappa shape index (κ1) is 62.5. The van der Waals surface area contributed by atoms with Crippen molar-refractivity contribution in [1.82, 2.24) is 26.6 Å². The standard InChI is InChI=1S/2C9H19NO.C9H18O2.2C8H17NO.C7H15NO.CH4/c1-9(2,3)11-8-4-6-10-7-5-8;1-9(2,3)11-8-5-4-6-10-7-8;1-9(2,3)11-8-4-6-10-7-5-8;2*1-8(2,3)10-7-4-5-9-6-7;1-7(2,3)9-6-4-8-5-6;/h2*8,10H,4-7H2,1-3H3;8H,4-7H2,1-3H3;2*7,9H,4-6H2,1-3H3;6,8H,4-5H2,1-3H3;1H4/t;;;2*7-;;/m...10../s1. The minimum Gasteiger partial charge on any atom is -0.381 e. The van der Waals surface area contributed by atoms with E-state index in [1.54, 1.807) is 0 Å². The lowest BCUT2D eigenvalue weighted by Gasteiger charge is -2.33. The Balaban J connectivity index is 0.000000731. The molecule has 6 rings (SSSR count). The van der Waals surface area contributed by atoms with Crippen LogP contribution in [0.15, 0.2) is 0 Å². The van der Waals surface area contributed by atoms with Gasteiger partial charge in [0.2, 0.25) is 0 Å². The lowest BCUT2D eigenvalue weighted by Crippen LogP contribution is -2.51. The van der Waals surface area contributed by atoms with Gasteiger partial charge in [-0.3, -0.25) is 0 Å². The molecular weight excluding hydrogens is 795 g/mol. The fraction of sp³-hybridized carbons (Fsp3) is 1.00. The van der Waals surface area contributed by atoms with E-state index in [9.17, 15) is 0 Å². The Hall–Kier alpha value is -0.480. The van der Waals surface area contributed by atoms with Crippen molar-refractivity contribution in [2.24, 2.45) is 0 Å². The topological polar surface area (TPSA) is 125 Å². The van der Waals surface area contributed by atoms with Crippen LogP contribution in [-0.2, 0) is 33.2 Å². The predicted molar refractivity (Wildman–Crippen MR) is 267 cm³/mol. The summed E-state index contributed by atoms with van der Waals surface area (Å²) >= 11 is 0. The minimum absolute atomic E-state index is 0. The number of piperidine rings is 2. The molecule has 380 valence electrons. The Bertz CT molecular complexity index is 971. The molecule has 0 aromatic rings. The second kappa shape index (κ2) is 30.8. The third-order valence-corrected chi connectivity index (χ3v) is 9.60. The second-order valence-corrected chi connectivity index (χ2v) is 23.6. The number of nitrogens with one attached hydrogen (secondary N) is 5. The summed E-state index contributed by atoms with van der Waals surface area (Å²) in [4.78, 5) is 0. The summed E-state index contributed by atoms with van der Waals surface area (Å²) < 4.78 is 39.8. The average molecular weight is 904 g/mol. The highest BCUT2D eigenvalue weighted by molar-refractivity contribution is 4.79. The Morgan fingerprint density at radius 2 is 0.571 bits per heavy atom. The molecule has 0 aliphatic carbocycles. The normalized spacial score (nSPS) is 24.2. The zero-order chi connectivity index (χ0) is 47.1. The third-order valence-electron chi connectivity index (χ3n) is 9.60. The molecule has 0 amide bonds. The lowest BCUT2D eigenvalue weighted by atomic mass is 10.1. The molecule has 0 aromatic carbocycles. The summed E-state index contributed by atoms with van der Waals surface area (Å²) in [7, 11) is 0. The Morgan fingerprint density at radius 1 is 0.302 bits per heavy atom. The first-order valence-electron chi connectivity index (χ1n) is 24.7. The SMILES string of the molecule is C.CC(C)(C)OC1CCCNC1.CC(C)(C)OC1CCNCC1.CC(C)(C)OC1CCOCC1.CC(C)(C)OC1CNC1.CC(C)(C)O[C@@H]1CCNC1.CC(C)(C)O[C@H]1CCNC1. The quantitative estimate of drug-likeness (QED) is 0.175. The van der Waals surface area contributed by atoms with Gasteiger partial charge in [0.15, 0.2) is 0 Å². The van der Waals surface area contributed by atoms with Crippen molar-refractivity contribution in [3.8, 4) is 0 Å². The molecule has 6 fully saturated rings. The van der Waals surface area contributed by atoms with E-state index in [2.05, 4.69) is 151 Å². The van der Waals surface area contributed by atoms with Crippen LogP contribution in [-0.4, -0.2) is 149 Å². The molecule has 12 nitrogen and oxygen atoms in total. The largest absolute Gasteiger partial charge is 0.381 e. The number of ether oxygens (including phenoxy) is 7. The smallest absolute Gasteiger partial charge is 0.0830 e. The zero-order valence-corrected chi connectivity index (χ0v) is 44.0. The maximum absolute atomic E-state index is 5.84. The van der Waals surface area contributed by atoms with Gasteiger partial charge in [0.25, 0.3) is 0 Å². The van der Waals surface area contributed by atoms with Gasteiger partial charge in [0.05, 0.1) is 70.2 Å². The van der Waals surface area contributed by atoms with Crippen molar-refractivity contribution in [3.05, 3.63) is 0 Å². The highest BCUT2D eigenvalue weighted by Crippen LogP contribution is 2.20. The molecule has 0 aromatic heterocycles. The van der Waals surface area contributed by atoms with Crippen LogP contribution < -0.4 is 26.6 Å². The maximum atomic E-state index is 5.84. The van der Waals surface area contributed by atoms with E-state index in [-0.39, 0.29) is 41.0 Å². The van der Waals surface area contributed by atoms with E-state index >= 15 is 0 Å². The van der Waals surface area contributed by atoms with Crippen molar-refractivity contribution in [3.63, 3.8) is 0 Å². The van der Waals surface area contributed by atoms with Crippen molar-refractivity contribution in [2.75, 3.05) is 78.7 Å². The van der Waals surface area contributed by atoms with Crippen molar-refractivity contribution >= 4 is 0 Å². The Kier molecular flexibility index (Phi) is 30.6. The van der Waals surface area contributed by atoms with Gasteiger partial charge in [0, 0.05) is 45.9 Å². The molecule has 6 aliphatic rings. The third kappa shape index (κ3) is 40.3. The molecule has 0 saturated carbocycles. The van der Waals surface area contributed by atoms with Gasteiger partial charge < -0.3 is 59.7 Å². The highest BCUT2D eigenvalue weighted by atomic mass is 16.5. The molecule has 63 heavy (non-hydrogen) atoms. The summed E-state index contributed by atoms with van der Waals surface area (Å²) in [5.74, 6) is 0. The van der Waals surface area contributed by atoms with E-state index in [1.165, 1.54) is 12.8 Å².